The van der Waals surface area contributed by atoms with Gasteiger partial charge in [0.15, 0.2) is 18.2 Å². The summed E-state index contributed by atoms with van der Waals surface area (Å²) in [4.78, 5) is 33.4. The van der Waals surface area contributed by atoms with Gasteiger partial charge < -0.3 is 10.1 Å². The minimum Gasteiger partial charge on any atom is -0.480 e. The molecule has 2 aromatic heterocycles. The molecule has 0 aromatic carbocycles. The van der Waals surface area contributed by atoms with E-state index < -0.39 is 0 Å². The molecule has 1 aliphatic heterocycles. The molecule has 0 saturated carbocycles. The van der Waals surface area contributed by atoms with Gasteiger partial charge in [0.05, 0.1) is 0 Å². The van der Waals surface area contributed by atoms with Gasteiger partial charge >= 0.3 is 0 Å². The topological polar surface area (TPSA) is 84.4 Å². The molecule has 0 fully saturated rings. The van der Waals surface area contributed by atoms with Gasteiger partial charge in [0.1, 0.15) is 6.54 Å². The molecule has 112 valence electrons. The first-order valence-electron chi connectivity index (χ1n) is 6.78. The molecule has 0 aliphatic carbocycles. The average molecular weight is 298 g/mol. The SMILES string of the molecule is O=C(CN1C(=O)COc2cccnc21)NCc1ccncc1. The summed E-state index contributed by atoms with van der Waals surface area (Å²) in [5, 5.41) is 2.77. The van der Waals surface area contributed by atoms with Crippen LogP contribution in [0.3, 0.4) is 0 Å². The Balaban J connectivity index is 1.65. The van der Waals surface area contributed by atoms with Crippen molar-refractivity contribution in [2.45, 2.75) is 6.54 Å². The molecule has 3 heterocycles. The highest BCUT2D eigenvalue weighted by Gasteiger charge is 2.28. The lowest BCUT2D eigenvalue weighted by Gasteiger charge is -2.27. The molecule has 3 rings (SSSR count). The van der Waals surface area contributed by atoms with Crippen LogP contribution in [0.5, 0.6) is 5.75 Å². The van der Waals surface area contributed by atoms with Gasteiger partial charge in [0, 0.05) is 25.1 Å². The van der Waals surface area contributed by atoms with Gasteiger partial charge in [0.25, 0.3) is 5.91 Å². The van der Waals surface area contributed by atoms with Crippen LogP contribution in [0.25, 0.3) is 0 Å². The summed E-state index contributed by atoms with van der Waals surface area (Å²) in [6, 6.07) is 7.07. The first kappa shape index (κ1) is 14.0. The molecule has 2 aromatic rings. The Morgan fingerprint density at radius 1 is 1.27 bits per heavy atom. The first-order chi connectivity index (χ1) is 10.7. The van der Waals surface area contributed by atoms with Crippen LogP contribution in [-0.2, 0) is 16.1 Å². The third-order valence-electron chi connectivity index (χ3n) is 3.20. The fourth-order valence-corrected chi connectivity index (χ4v) is 2.10. The third-order valence-corrected chi connectivity index (χ3v) is 3.20. The summed E-state index contributed by atoms with van der Waals surface area (Å²) in [6.45, 7) is 0.211. The van der Waals surface area contributed by atoms with Crippen LogP contribution in [0.4, 0.5) is 5.82 Å². The van der Waals surface area contributed by atoms with Crippen molar-refractivity contribution in [1.82, 2.24) is 15.3 Å². The molecule has 7 heteroatoms. The number of rotatable bonds is 4. The van der Waals surface area contributed by atoms with Crippen molar-refractivity contribution in [2.75, 3.05) is 18.1 Å². The van der Waals surface area contributed by atoms with Crippen molar-refractivity contribution in [2.24, 2.45) is 0 Å². The van der Waals surface area contributed by atoms with Gasteiger partial charge in [-0.3, -0.25) is 19.5 Å². The maximum absolute atomic E-state index is 12.1. The number of amides is 2. The molecular formula is C15H14N4O3. The van der Waals surface area contributed by atoms with Gasteiger partial charge in [-0.25, -0.2) is 4.98 Å². The second-order valence-electron chi connectivity index (χ2n) is 4.73. The number of anilines is 1. The van der Waals surface area contributed by atoms with Crippen LogP contribution in [-0.4, -0.2) is 34.9 Å². The monoisotopic (exact) mass is 298 g/mol. The van der Waals surface area contributed by atoms with Gasteiger partial charge in [-0.2, -0.15) is 0 Å². The van der Waals surface area contributed by atoms with Crippen LogP contribution in [0.2, 0.25) is 0 Å². The molecule has 0 atom stereocenters. The third kappa shape index (κ3) is 3.03. The van der Waals surface area contributed by atoms with E-state index in [4.69, 9.17) is 4.74 Å². The molecule has 2 amide bonds. The number of carbonyl (C=O) groups is 2. The van der Waals surface area contributed by atoms with Crippen LogP contribution in [0.15, 0.2) is 42.9 Å². The Kier molecular flexibility index (Phi) is 3.95. The molecule has 0 saturated heterocycles. The number of hydrogen-bond acceptors (Lipinski definition) is 5. The van der Waals surface area contributed by atoms with Crippen molar-refractivity contribution in [3.8, 4) is 5.75 Å². The highest BCUT2D eigenvalue weighted by atomic mass is 16.5. The fraction of sp³-hybridized carbons (Fsp3) is 0.200. The van der Waals surface area contributed by atoms with Crippen molar-refractivity contribution in [1.29, 1.82) is 0 Å². The minimum absolute atomic E-state index is 0.0860. The van der Waals surface area contributed by atoms with E-state index in [2.05, 4.69) is 15.3 Å². The zero-order valence-corrected chi connectivity index (χ0v) is 11.7. The number of fused-ring (bicyclic) bond motifs is 1. The summed E-state index contributed by atoms with van der Waals surface area (Å²) < 4.78 is 5.28. The smallest absolute Gasteiger partial charge is 0.266 e. The number of aromatic nitrogens is 2. The Labute approximate surface area is 126 Å². The zero-order chi connectivity index (χ0) is 15.4. The van der Waals surface area contributed by atoms with Crippen LogP contribution >= 0.6 is 0 Å². The minimum atomic E-state index is -0.287. The highest BCUT2D eigenvalue weighted by molar-refractivity contribution is 6.01. The number of nitrogens with one attached hydrogen (secondary N) is 1. The number of nitrogens with zero attached hydrogens (tertiary/aromatic N) is 3. The Bertz CT molecular complexity index is 690. The van der Waals surface area contributed by atoms with Gasteiger partial charge in [-0.1, -0.05) is 0 Å². The second-order valence-corrected chi connectivity index (χ2v) is 4.73. The van der Waals surface area contributed by atoms with Crippen LogP contribution in [0, 0.1) is 0 Å². The number of ether oxygens (including phenoxy) is 1. The molecule has 0 spiro atoms. The van der Waals surface area contributed by atoms with E-state index in [1.165, 1.54) is 4.90 Å². The lowest BCUT2D eigenvalue weighted by Crippen LogP contribution is -2.45. The van der Waals surface area contributed by atoms with E-state index >= 15 is 0 Å². The Morgan fingerprint density at radius 3 is 2.91 bits per heavy atom. The summed E-state index contributed by atoms with van der Waals surface area (Å²) in [6.07, 6.45) is 4.88. The van der Waals surface area contributed by atoms with Crippen LogP contribution < -0.4 is 15.0 Å². The largest absolute Gasteiger partial charge is 0.480 e. The molecule has 22 heavy (non-hydrogen) atoms. The predicted octanol–water partition coefficient (Wildman–Crippen LogP) is 0.518. The predicted molar refractivity (Wildman–Crippen MR) is 78.2 cm³/mol. The Hall–Kier alpha value is -2.96. The van der Waals surface area contributed by atoms with E-state index in [0.29, 0.717) is 18.1 Å². The first-order valence-corrected chi connectivity index (χ1v) is 6.78. The summed E-state index contributed by atoms with van der Waals surface area (Å²) in [5.41, 5.74) is 0.940. The number of hydrogen-bond donors (Lipinski definition) is 1. The zero-order valence-electron chi connectivity index (χ0n) is 11.7. The molecule has 1 aliphatic rings. The van der Waals surface area contributed by atoms with Crippen molar-refractivity contribution < 1.29 is 14.3 Å². The normalized spacial score (nSPS) is 13.3. The maximum atomic E-state index is 12.1. The quantitative estimate of drug-likeness (QED) is 0.889. The Morgan fingerprint density at radius 2 is 2.09 bits per heavy atom. The summed E-state index contributed by atoms with van der Waals surface area (Å²) in [7, 11) is 0. The van der Waals surface area contributed by atoms with E-state index in [-0.39, 0.29) is 25.0 Å². The van der Waals surface area contributed by atoms with Crippen molar-refractivity contribution in [3.63, 3.8) is 0 Å². The van der Waals surface area contributed by atoms with Crippen molar-refractivity contribution >= 4 is 17.6 Å². The summed E-state index contributed by atoms with van der Waals surface area (Å²) in [5.74, 6) is 0.329. The lowest BCUT2D eigenvalue weighted by atomic mass is 10.2. The maximum Gasteiger partial charge on any atom is 0.266 e. The molecule has 1 N–H and O–H groups in total. The molecule has 0 bridgehead atoms. The standard InChI is InChI=1S/C15H14N4O3/c20-13(18-8-11-3-6-16-7-4-11)9-19-14(21)10-22-12-2-1-5-17-15(12)19/h1-7H,8-10H2,(H,18,20). The van der Waals surface area contributed by atoms with E-state index in [1.54, 1.807) is 30.7 Å². The van der Waals surface area contributed by atoms with E-state index in [0.717, 1.165) is 5.56 Å². The molecule has 0 radical (unpaired) electrons. The second kappa shape index (κ2) is 6.21. The van der Waals surface area contributed by atoms with Gasteiger partial charge in [-0.05, 0) is 29.8 Å². The van der Waals surface area contributed by atoms with Crippen LogP contribution in [0.1, 0.15) is 5.56 Å². The van der Waals surface area contributed by atoms with E-state index in [9.17, 15) is 9.59 Å². The number of carbonyl (C=O) groups excluding carboxylic acids is 2. The molecule has 7 nitrogen and oxygen atoms in total. The molecule has 0 unspecified atom stereocenters. The van der Waals surface area contributed by atoms with E-state index in [1.807, 2.05) is 12.1 Å². The lowest BCUT2D eigenvalue weighted by molar-refractivity contribution is -0.125. The van der Waals surface area contributed by atoms with Crippen molar-refractivity contribution in [3.05, 3.63) is 48.4 Å². The number of pyridine rings is 2. The average Bonchev–Trinajstić information content (AvgIpc) is 2.56. The van der Waals surface area contributed by atoms with Gasteiger partial charge in [-0.15, -0.1) is 0 Å². The fourth-order valence-electron chi connectivity index (χ4n) is 2.10. The summed E-state index contributed by atoms with van der Waals surface area (Å²) >= 11 is 0. The highest BCUT2D eigenvalue weighted by Crippen LogP contribution is 2.28. The van der Waals surface area contributed by atoms with Gasteiger partial charge in [0.2, 0.25) is 5.91 Å². The molecular weight excluding hydrogens is 284 g/mol.